The van der Waals surface area contributed by atoms with Gasteiger partial charge in [0.15, 0.2) is 5.75 Å². The number of alkyl halides is 3. The lowest BCUT2D eigenvalue weighted by Gasteiger charge is -2.48. The second-order valence-electron chi connectivity index (χ2n) is 8.86. The van der Waals surface area contributed by atoms with Crippen molar-refractivity contribution in [2.75, 3.05) is 25.0 Å². The predicted molar refractivity (Wildman–Crippen MR) is 113 cm³/mol. The number of halogens is 3. The zero-order chi connectivity index (χ0) is 22.6. The van der Waals surface area contributed by atoms with E-state index < -0.39 is 17.7 Å². The Morgan fingerprint density at radius 1 is 1.19 bits per heavy atom. The molecule has 0 atom stereocenters. The molecular weight excluding hydrogens is 409 g/mol. The Hall–Kier alpha value is -1.80. The molecular formula is C23H33F3N2O3. The molecule has 0 aromatic heterocycles. The minimum absolute atomic E-state index is 0.0254. The average Bonchev–Trinajstić information content (AvgIpc) is 2.71. The van der Waals surface area contributed by atoms with Crippen LogP contribution in [0.1, 0.15) is 64.9 Å². The van der Waals surface area contributed by atoms with Crippen molar-refractivity contribution in [3.05, 3.63) is 23.8 Å². The van der Waals surface area contributed by atoms with E-state index >= 15 is 0 Å². The first-order valence-corrected chi connectivity index (χ1v) is 11.1. The van der Waals surface area contributed by atoms with E-state index in [1.54, 1.807) is 0 Å². The fourth-order valence-electron chi connectivity index (χ4n) is 4.78. The van der Waals surface area contributed by atoms with Crippen LogP contribution >= 0.6 is 0 Å². The third-order valence-electron chi connectivity index (χ3n) is 6.59. The fourth-order valence-corrected chi connectivity index (χ4v) is 4.78. The van der Waals surface area contributed by atoms with Crippen molar-refractivity contribution in [2.45, 2.75) is 83.2 Å². The van der Waals surface area contributed by atoms with Crippen LogP contribution in [0.4, 0.5) is 18.9 Å². The largest absolute Gasteiger partial charge is 0.425 e. The molecule has 1 saturated carbocycles. The third kappa shape index (κ3) is 6.13. The van der Waals surface area contributed by atoms with Gasteiger partial charge in [-0.15, -0.1) is 0 Å². The van der Waals surface area contributed by atoms with Gasteiger partial charge in [0.05, 0.1) is 17.4 Å². The summed E-state index contributed by atoms with van der Waals surface area (Å²) in [6.07, 6.45) is 1.87. The highest BCUT2D eigenvalue weighted by Crippen LogP contribution is 2.38. The second-order valence-corrected chi connectivity index (χ2v) is 8.86. The number of anilines is 1. The van der Waals surface area contributed by atoms with E-state index in [1.807, 2.05) is 6.92 Å². The summed E-state index contributed by atoms with van der Waals surface area (Å²) < 4.78 is 50.4. The van der Waals surface area contributed by atoms with Crippen LogP contribution in [0, 0.1) is 0 Å². The topological polar surface area (TPSA) is 50.8 Å². The predicted octanol–water partition coefficient (Wildman–Crippen LogP) is 5.24. The maximum atomic E-state index is 13.2. The summed E-state index contributed by atoms with van der Waals surface area (Å²) in [4.78, 5) is 13.9. The molecule has 1 aliphatic heterocycles. The summed E-state index contributed by atoms with van der Waals surface area (Å²) in [5.74, 6) is -0.433. The van der Waals surface area contributed by atoms with Gasteiger partial charge in [-0.05, 0) is 70.6 Å². The molecule has 0 spiro atoms. The van der Waals surface area contributed by atoms with Gasteiger partial charge in [-0.3, -0.25) is 9.69 Å². The number of hydrogen-bond acceptors (Lipinski definition) is 5. The van der Waals surface area contributed by atoms with Gasteiger partial charge in [-0.2, -0.15) is 13.2 Å². The van der Waals surface area contributed by atoms with Crippen LogP contribution in [0.15, 0.2) is 18.2 Å². The van der Waals surface area contributed by atoms with Crippen molar-refractivity contribution in [2.24, 2.45) is 0 Å². The Morgan fingerprint density at radius 2 is 1.84 bits per heavy atom. The molecule has 1 aromatic rings. The van der Waals surface area contributed by atoms with Crippen LogP contribution in [0.2, 0.25) is 0 Å². The van der Waals surface area contributed by atoms with Crippen molar-refractivity contribution in [1.29, 1.82) is 0 Å². The number of esters is 1. The van der Waals surface area contributed by atoms with Gasteiger partial charge in [0, 0.05) is 38.2 Å². The smallest absolute Gasteiger partial charge is 0.416 e. The van der Waals surface area contributed by atoms with Gasteiger partial charge in [0.1, 0.15) is 0 Å². The first-order chi connectivity index (χ1) is 14.6. The number of benzene rings is 1. The summed E-state index contributed by atoms with van der Waals surface area (Å²) in [7, 11) is 0. The molecule has 0 radical (unpaired) electrons. The highest BCUT2D eigenvalue weighted by Gasteiger charge is 2.38. The lowest BCUT2D eigenvalue weighted by atomic mass is 9.79. The summed E-state index contributed by atoms with van der Waals surface area (Å²) in [6, 6.07) is 3.20. The summed E-state index contributed by atoms with van der Waals surface area (Å²) >= 11 is 0. The number of carbonyl (C=O) groups is 1. The molecule has 31 heavy (non-hydrogen) atoms. The lowest BCUT2D eigenvalue weighted by Crippen LogP contribution is -2.53. The monoisotopic (exact) mass is 442 g/mol. The Morgan fingerprint density at radius 3 is 2.39 bits per heavy atom. The number of carbonyl (C=O) groups excluding carboxylic acids is 1. The fraction of sp³-hybridized carbons (Fsp3) is 0.696. The molecule has 0 unspecified atom stereocenters. The minimum Gasteiger partial charge on any atom is -0.425 e. The van der Waals surface area contributed by atoms with Gasteiger partial charge in [0.25, 0.3) is 0 Å². The zero-order valence-electron chi connectivity index (χ0n) is 18.6. The van der Waals surface area contributed by atoms with E-state index in [0.29, 0.717) is 6.10 Å². The van der Waals surface area contributed by atoms with Crippen molar-refractivity contribution in [3.63, 3.8) is 0 Å². The molecule has 8 heteroatoms. The van der Waals surface area contributed by atoms with Gasteiger partial charge in [-0.1, -0.05) is 0 Å². The maximum Gasteiger partial charge on any atom is 0.416 e. The van der Waals surface area contributed by atoms with Crippen molar-refractivity contribution >= 4 is 11.7 Å². The number of likely N-dealkylation sites (tertiary alicyclic amines) is 1. The number of ether oxygens (including phenoxy) is 2. The number of rotatable bonds is 6. The first-order valence-electron chi connectivity index (χ1n) is 11.1. The molecule has 5 nitrogen and oxygen atoms in total. The van der Waals surface area contributed by atoms with E-state index in [-0.39, 0.29) is 23.0 Å². The lowest BCUT2D eigenvalue weighted by molar-refractivity contribution is -0.137. The maximum absolute atomic E-state index is 13.2. The summed E-state index contributed by atoms with van der Waals surface area (Å²) in [5.41, 5.74) is -0.397. The van der Waals surface area contributed by atoms with Gasteiger partial charge < -0.3 is 14.8 Å². The summed E-state index contributed by atoms with van der Waals surface area (Å²) in [5, 5.41) is 3.20. The van der Waals surface area contributed by atoms with Crippen LogP contribution in [0.25, 0.3) is 0 Å². The third-order valence-corrected chi connectivity index (χ3v) is 6.59. The van der Waals surface area contributed by atoms with Crippen LogP contribution in [0.5, 0.6) is 5.75 Å². The van der Waals surface area contributed by atoms with E-state index in [4.69, 9.17) is 9.47 Å². The number of hydrogen-bond donors (Lipinski definition) is 1. The zero-order valence-corrected chi connectivity index (χ0v) is 18.6. The van der Waals surface area contributed by atoms with Crippen LogP contribution in [-0.4, -0.2) is 48.3 Å². The minimum atomic E-state index is -4.45. The van der Waals surface area contributed by atoms with Gasteiger partial charge in [-0.25, -0.2) is 0 Å². The Labute approximate surface area is 182 Å². The van der Waals surface area contributed by atoms with Crippen LogP contribution in [-0.2, 0) is 15.7 Å². The number of nitrogens with one attached hydrogen (secondary N) is 1. The second kappa shape index (κ2) is 9.77. The van der Waals surface area contributed by atoms with E-state index in [0.717, 1.165) is 70.4 Å². The molecule has 3 rings (SSSR count). The van der Waals surface area contributed by atoms with Crippen LogP contribution < -0.4 is 10.1 Å². The first kappa shape index (κ1) is 23.9. The molecule has 1 aromatic carbocycles. The normalized spacial score (nSPS) is 25.9. The molecule has 0 amide bonds. The number of piperidine rings is 1. The van der Waals surface area contributed by atoms with Crippen molar-refractivity contribution in [1.82, 2.24) is 4.90 Å². The van der Waals surface area contributed by atoms with E-state index in [9.17, 15) is 18.0 Å². The molecule has 2 aliphatic rings. The SMILES string of the molecule is CCOC1CCC(C)(N2CCC(Nc3cc(C(F)(F)F)ccc3OC(C)=O)CC2)CC1. The van der Waals surface area contributed by atoms with E-state index in [1.165, 1.54) is 13.0 Å². The molecule has 174 valence electrons. The molecule has 1 N–H and O–H groups in total. The Balaban J connectivity index is 1.62. The average molecular weight is 443 g/mol. The highest BCUT2D eigenvalue weighted by atomic mass is 19.4. The van der Waals surface area contributed by atoms with Gasteiger partial charge >= 0.3 is 12.1 Å². The number of nitrogens with zero attached hydrogens (tertiary/aromatic N) is 1. The van der Waals surface area contributed by atoms with Crippen molar-refractivity contribution in [3.8, 4) is 5.75 Å². The molecule has 0 bridgehead atoms. The van der Waals surface area contributed by atoms with E-state index in [2.05, 4.69) is 17.1 Å². The standard InChI is InChI=1S/C23H33F3N2O3/c1-4-30-19-7-11-22(3,12-8-19)28-13-9-18(10-14-28)27-20-15-17(23(24,25)26)5-6-21(20)31-16(2)29/h5-6,15,18-19,27H,4,7-14H2,1-3H3. The molecule has 1 heterocycles. The highest BCUT2D eigenvalue weighted by molar-refractivity contribution is 5.73. The Kier molecular flexibility index (Phi) is 7.52. The molecule has 1 saturated heterocycles. The Bertz CT molecular complexity index is 753. The summed E-state index contributed by atoms with van der Waals surface area (Å²) in [6.45, 7) is 8.10. The molecule has 1 aliphatic carbocycles. The van der Waals surface area contributed by atoms with Crippen molar-refractivity contribution < 1.29 is 27.4 Å². The quantitative estimate of drug-likeness (QED) is 0.482. The van der Waals surface area contributed by atoms with Gasteiger partial charge in [0.2, 0.25) is 0 Å². The molecule has 2 fully saturated rings. The van der Waals surface area contributed by atoms with Crippen LogP contribution in [0.3, 0.4) is 0 Å².